The van der Waals surface area contributed by atoms with Crippen molar-refractivity contribution < 1.29 is 67.7 Å². The van der Waals surface area contributed by atoms with Gasteiger partial charge in [-0.2, -0.15) is 0 Å². The highest BCUT2D eigenvalue weighted by molar-refractivity contribution is 5.99. The number of carboxylic acid groups (broad SMARTS) is 1. The molecule has 14 heteroatoms. The summed E-state index contributed by atoms with van der Waals surface area (Å²) in [6, 6.07) is 26.1. The fourth-order valence-corrected chi connectivity index (χ4v) is 8.19. The third-order valence-electron chi connectivity index (χ3n) is 11.7. The Bertz CT molecular complexity index is 2090. The fourth-order valence-electron chi connectivity index (χ4n) is 8.19. The van der Waals surface area contributed by atoms with E-state index in [-0.39, 0.29) is 18.3 Å². The number of carbonyl (C=O) groups excluding carboxylic acids is 4. The number of aliphatic hydroxyl groups is 2. The maximum absolute atomic E-state index is 14.8. The number of allylic oxidation sites excluding steroid dienone is 1. The van der Waals surface area contributed by atoms with Crippen molar-refractivity contribution in [2.24, 2.45) is 17.8 Å². The molecule has 3 aromatic carbocycles. The van der Waals surface area contributed by atoms with Crippen LogP contribution in [0.2, 0.25) is 0 Å². The molecule has 0 amide bonds. The summed E-state index contributed by atoms with van der Waals surface area (Å²) in [5.41, 5.74) is -4.91. The van der Waals surface area contributed by atoms with Crippen LogP contribution < -0.4 is 0 Å². The molecule has 2 bridgehead atoms. The summed E-state index contributed by atoms with van der Waals surface area (Å²) < 4.78 is 35.1. The minimum Gasteiger partial charge on any atom is -0.479 e. The van der Waals surface area contributed by atoms with Gasteiger partial charge >= 0.3 is 29.8 Å². The number of rotatable bonds is 21. The summed E-state index contributed by atoms with van der Waals surface area (Å²) in [7, 11) is 0. The number of esters is 4. The van der Waals surface area contributed by atoms with Crippen LogP contribution >= 0.6 is 0 Å². The lowest BCUT2D eigenvalue weighted by molar-refractivity contribution is -0.375. The topological polar surface area (TPSA) is 201 Å². The number of ether oxygens (including phenoxy) is 6. The second-order valence-corrected chi connectivity index (χ2v) is 16.6. The van der Waals surface area contributed by atoms with E-state index in [1.807, 2.05) is 51.1 Å². The van der Waals surface area contributed by atoms with Crippen molar-refractivity contribution in [2.75, 3.05) is 0 Å². The number of aliphatic hydroxyl groups excluding tert-OH is 1. The van der Waals surface area contributed by atoms with Crippen LogP contribution in [0.5, 0.6) is 0 Å². The van der Waals surface area contributed by atoms with Gasteiger partial charge in [0.05, 0.1) is 0 Å². The van der Waals surface area contributed by atoms with Gasteiger partial charge in [0.2, 0.25) is 17.5 Å². The second kappa shape index (κ2) is 21.1. The maximum Gasteiger partial charge on any atom is 0.346 e. The average Bonchev–Trinajstić information content (AvgIpc) is 3.48. The standard InChI is InChI=1S/C49H58O14/c1-7-31(2)27-32(3)23-24-39(51)61-42-41(52)47(26-25-33(4)40(60-35(6)50)34(5)28-36-17-11-8-12-18-36)62-43(44(53)58-29-37-19-13-9-14-20-37)48(57,45(54)55)49(42,63-47)46(56)59-30-38-21-15-10-16-22-38/h8-24,31-32,34,40-43,52,57H,4,7,25-30H2,1-3,5-6H3,(H,54,55)/b24-23+/t31-,32+,34+,40?,41+,42+,43+,47+,48+,49+/m0/s1. The number of aliphatic carboxylic acids is 1. The Hall–Kier alpha value is -5.67. The lowest BCUT2D eigenvalue weighted by Crippen LogP contribution is -2.78. The Morgan fingerprint density at radius 1 is 0.857 bits per heavy atom. The van der Waals surface area contributed by atoms with Crippen LogP contribution in [0.15, 0.2) is 115 Å². The molecule has 63 heavy (non-hydrogen) atoms. The molecular formula is C49H58O14. The number of fused-ring (bicyclic) bond motifs is 2. The van der Waals surface area contributed by atoms with Gasteiger partial charge in [-0.15, -0.1) is 0 Å². The van der Waals surface area contributed by atoms with E-state index in [2.05, 4.69) is 13.5 Å². The Balaban J connectivity index is 1.60. The molecule has 0 saturated carbocycles. The van der Waals surface area contributed by atoms with E-state index in [0.29, 0.717) is 29.0 Å². The van der Waals surface area contributed by atoms with Gasteiger partial charge in [-0.05, 0) is 53.4 Å². The van der Waals surface area contributed by atoms with Crippen LogP contribution in [0.1, 0.15) is 77.0 Å². The van der Waals surface area contributed by atoms with E-state index in [0.717, 1.165) is 24.5 Å². The lowest BCUT2D eigenvalue weighted by atomic mass is 9.74. The largest absolute Gasteiger partial charge is 0.479 e. The van der Waals surface area contributed by atoms with Gasteiger partial charge in [0.15, 0.2) is 6.10 Å². The Morgan fingerprint density at radius 3 is 1.95 bits per heavy atom. The summed E-state index contributed by atoms with van der Waals surface area (Å²) >= 11 is 0. The normalized spacial score (nSPS) is 25.9. The molecule has 0 radical (unpaired) electrons. The number of carboxylic acids is 1. The molecular weight excluding hydrogens is 813 g/mol. The first kappa shape index (κ1) is 48.4. The van der Waals surface area contributed by atoms with E-state index >= 15 is 0 Å². The Labute approximate surface area is 367 Å². The predicted octanol–water partition coefficient (Wildman–Crippen LogP) is 6.20. The minimum atomic E-state index is -3.75. The minimum absolute atomic E-state index is 0.115. The number of hydrogen-bond acceptors (Lipinski definition) is 13. The molecule has 14 nitrogen and oxygen atoms in total. The molecule has 10 atom stereocenters. The van der Waals surface area contributed by atoms with Gasteiger partial charge in [-0.1, -0.05) is 138 Å². The molecule has 2 saturated heterocycles. The zero-order valence-electron chi connectivity index (χ0n) is 36.3. The van der Waals surface area contributed by atoms with Crippen LogP contribution in [0.25, 0.3) is 0 Å². The Kier molecular flexibility index (Phi) is 16.2. The summed E-state index contributed by atoms with van der Waals surface area (Å²) in [6.07, 6.45) is -4.06. The first-order chi connectivity index (χ1) is 30.0. The zero-order chi connectivity index (χ0) is 46.0. The van der Waals surface area contributed by atoms with Gasteiger partial charge in [0, 0.05) is 25.3 Å². The third kappa shape index (κ3) is 10.9. The number of carbonyl (C=O) groups is 5. The van der Waals surface area contributed by atoms with Crippen LogP contribution in [-0.4, -0.2) is 86.6 Å². The highest BCUT2D eigenvalue weighted by Gasteiger charge is 2.86. The van der Waals surface area contributed by atoms with Crippen molar-refractivity contribution in [2.45, 2.75) is 121 Å². The summed E-state index contributed by atoms with van der Waals surface area (Å²) in [5.74, 6) is -9.66. The molecule has 2 aliphatic rings. The summed E-state index contributed by atoms with van der Waals surface area (Å²) in [6.45, 7) is 12.4. The van der Waals surface area contributed by atoms with E-state index in [1.54, 1.807) is 66.7 Å². The molecule has 0 aliphatic carbocycles. The number of benzene rings is 3. The second-order valence-electron chi connectivity index (χ2n) is 16.6. The maximum atomic E-state index is 14.8. The van der Waals surface area contributed by atoms with Crippen molar-refractivity contribution in [3.8, 4) is 0 Å². The zero-order valence-corrected chi connectivity index (χ0v) is 36.3. The van der Waals surface area contributed by atoms with Crippen LogP contribution in [0.4, 0.5) is 0 Å². The van der Waals surface area contributed by atoms with Gasteiger partial charge in [0.1, 0.15) is 25.4 Å². The highest BCUT2D eigenvalue weighted by Crippen LogP contribution is 2.56. The smallest absolute Gasteiger partial charge is 0.346 e. The summed E-state index contributed by atoms with van der Waals surface area (Å²) in [4.78, 5) is 68.7. The molecule has 1 unspecified atom stereocenters. The lowest BCUT2D eigenvalue weighted by Gasteiger charge is -2.49. The summed E-state index contributed by atoms with van der Waals surface area (Å²) in [5, 5.41) is 35.9. The van der Waals surface area contributed by atoms with Crippen molar-refractivity contribution in [3.63, 3.8) is 0 Å². The predicted molar refractivity (Wildman–Crippen MR) is 228 cm³/mol. The monoisotopic (exact) mass is 870 g/mol. The Morgan fingerprint density at radius 2 is 1.41 bits per heavy atom. The SMILES string of the molecule is C=C(CC[C@@]12O[C@H](C(=O)OCc3ccccc3)[C@@](O)(C(=O)O)[C@@](C(=O)OCc3ccccc3)(O1)[C@H](OC(=O)/C=C/[C@@H](C)C[C@@H](C)CC)[C@H]2O)C(OC(C)=O)[C@H](C)Cc1ccccc1. The highest BCUT2D eigenvalue weighted by atomic mass is 16.8. The number of hydrogen-bond donors (Lipinski definition) is 3. The molecule has 2 aliphatic heterocycles. The van der Waals surface area contributed by atoms with Gasteiger partial charge in [-0.3, -0.25) is 4.79 Å². The van der Waals surface area contributed by atoms with E-state index in [4.69, 9.17) is 28.4 Å². The van der Waals surface area contributed by atoms with Crippen LogP contribution in [-0.2, 0) is 72.0 Å². The van der Waals surface area contributed by atoms with E-state index < -0.39 is 90.9 Å². The van der Waals surface area contributed by atoms with Crippen LogP contribution in [0.3, 0.4) is 0 Å². The van der Waals surface area contributed by atoms with Crippen LogP contribution in [0, 0.1) is 17.8 Å². The van der Waals surface area contributed by atoms with Crippen molar-refractivity contribution in [1.29, 1.82) is 0 Å². The first-order valence-corrected chi connectivity index (χ1v) is 21.2. The molecule has 5 rings (SSSR count). The molecule has 3 N–H and O–H groups in total. The van der Waals surface area contributed by atoms with E-state index in [1.165, 1.54) is 6.92 Å². The van der Waals surface area contributed by atoms with Crippen molar-refractivity contribution in [3.05, 3.63) is 132 Å². The fraction of sp³-hybridized carbons (Fsp3) is 0.449. The quantitative estimate of drug-likeness (QED) is 0.0473. The molecule has 338 valence electrons. The molecule has 3 aromatic rings. The first-order valence-electron chi connectivity index (χ1n) is 21.2. The molecule has 2 fully saturated rings. The van der Waals surface area contributed by atoms with Gasteiger partial charge < -0.3 is 43.7 Å². The van der Waals surface area contributed by atoms with Crippen molar-refractivity contribution >= 4 is 29.8 Å². The molecule has 0 aromatic heterocycles. The average molecular weight is 871 g/mol. The van der Waals surface area contributed by atoms with Crippen molar-refractivity contribution in [1.82, 2.24) is 0 Å². The molecule has 2 heterocycles. The van der Waals surface area contributed by atoms with Gasteiger partial charge in [0.25, 0.3) is 5.60 Å². The van der Waals surface area contributed by atoms with Gasteiger partial charge in [-0.25, -0.2) is 19.2 Å². The third-order valence-corrected chi connectivity index (χ3v) is 11.7. The molecule has 0 spiro atoms. The van der Waals surface area contributed by atoms with E-state index in [9.17, 15) is 39.3 Å².